The van der Waals surface area contributed by atoms with Gasteiger partial charge in [0.25, 0.3) is 5.92 Å². The van der Waals surface area contributed by atoms with Crippen molar-refractivity contribution in [1.82, 2.24) is 19.5 Å². The molecule has 0 amide bonds. The van der Waals surface area contributed by atoms with Gasteiger partial charge in [0, 0.05) is 19.9 Å². The zero-order valence-corrected chi connectivity index (χ0v) is 13.3. The van der Waals surface area contributed by atoms with Gasteiger partial charge in [0.15, 0.2) is 11.5 Å². The van der Waals surface area contributed by atoms with E-state index in [4.69, 9.17) is 4.74 Å². The van der Waals surface area contributed by atoms with Crippen LogP contribution in [0, 0.1) is 0 Å². The fourth-order valence-electron chi connectivity index (χ4n) is 2.53. The first-order chi connectivity index (χ1) is 11.4. The van der Waals surface area contributed by atoms with Gasteiger partial charge in [0.05, 0.1) is 25.3 Å². The lowest BCUT2D eigenvalue weighted by Crippen LogP contribution is -2.19. The van der Waals surface area contributed by atoms with Gasteiger partial charge in [-0.1, -0.05) is 6.08 Å². The fourth-order valence-corrected chi connectivity index (χ4v) is 2.53. The molecule has 0 fully saturated rings. The van der Waals surface area contributed by atoms with Crippen LogP contribution in [0.5, 0.6) is 0 Å². The Kier molecular flexibility index (Phi) is 4.13. The van der Waals surface area contributed by atoms with Crippen LogP contribution in [0.15, 0.2) is 24.7 Å². The quantitative estimate of drug-likeness (QED) is 0.807. The van der Waals surface area contributed by atoms with Crippen LogP contribution in [0.2, 0.25) is 0 Å². The number of esters is 1. The topological polar surface area (TPSA) is 69.9 Å². The van der Waals surface area contributed by atoms with Crippen molar-refractivity contribution in [2.24, 2.45) is 7.05 Å². The van der Waals surface area contributed by atoms with Crippen LogP contribution in [-0.2, 0) is 11.8 Å². The van der Waals surface area contributed by atoms with Gasteiger partial charge in [-0.05, 0) is 18.1 Å². The van der Waals surface area contributed by atoms with Crippen LogP contribution in [0.4, 0.5) is 8.78 Å². The third kappa shape index (κ3) is 3.17. The summed E-state index contributed by atoms with van der Waals surface area (Å²) in [5.41, 5.74) is 1.83. The number of rotatable bonds is 3. The third-order valence-electron chi connectivity index (χ3n) is 3.90. The molecule has 126 valence electrons. The maximum Gasteiger partial charge on any atom is 0.356 e. The van der Waals surface area contributed by atoms with Crippen LogP contribution in [0.1, 0.15) is 35.4 Å². The molecule has 0 atom stereocenters. The minimum Gasteiger partial charge on any atom is -0.464 e. The highest BCUT2D eigenvalue weighted by molar-refractivity contribution is 5.88. The molecule has 2 aromatic heterocycles. The predicted molar refractivity (Wildman–Crippen MR) is 82.3 cm³/mol. The minimum atomic E-state index is -2.69. The van der Waals surface area contributed by atoms with Crippen molar-refractivity contribution in [2.45, 2.75) is 25.2 Å². The van der Waals surface area contributed by atoms with E-state index in [-0.39, 0.29) is 25.0 Å². The summed E-state index contributed by atoms with van der Waals surface area (Å²) in [6, 6.07) is 1.47. The monoisotopic (exact) mass is 334 g/mol. The number of methoxy groups -OCH3 is 1. The van der Waals surface area contributed by atoms with Gasteiger partial charge >= 0.3 is 5.97 Å². The lowest BCUT2D eigenvalue weighted by Gasteiger charge is -2.21. The first-order valence-corrected chi connectivity index (χ1v) is 7.41. The van der Waals surface area contributed by atoms with E-state index >= 15 is 0 Å². The minimum absolute atomic E-state index is 0.0805. The Balaban J connectivity index is 2.08. The molecule has 0 radical (unpaired) electrons. The van der Waals surface area contributed by atoms with Crippen LogP contribution in [-0.4, -0.2) is 38.5 Å². The molecule has 1 aliphatic carbocycles. The number of imidazole rings is 1. The third-order valence-corrected chi connectivity index (χ3v) is 3.90. The second kappa shape index (κ2) is 6.10. The second-order valence-corrected chi connectivity index (χ2v) is 5.63. The maximum atomic E-state index is 13.3. The molecular formula is C16H16F2N4O2. The highest BCUT2D eigenvalue weighted by atomic mass is 19.3. The van der Waals surface area contributed by atoms with Crippen molar-refractivity contribution >= 4 is 11.5 Å². The predicted octanol–water partition coefficient (Wildman–Crippen LogP) is 2.87. The Morgan fingerprint density at radius 3 is 2.75 bits per heavy atom. The summed E-state index contributed by atoms with van der Waals surface area (Å²) in [7, 11) is 3.03. The number of aryl methyl sites for hydroxylation is 1. The number of carbonyl (C=O) groups is 1. The second-order valence-electron chi connectivity index (χ2n) is 5.63. The van der Waals surface area contributed by atoms with E-state index in [1.807, 2.05) is 0 Å². The van der Waals surface area contributed by atoms with Crippen molar-refractivity contribution in [3.05, 3.63) is 36.1 Å². The Bertz CT molecular complexity index is 814. The normalized spacial score (nSPS) is 16.6. The van der Waals surface area contributed by atoms with Gasteiger partial charge in [0.1, 0.15) is 5.69 Å². The molecule has 6 nitrogen and oxygen atoms in total. The summed E-state index contributed by atoms with van der Waals surface area (Å²) in [5.74, 6) is -3.00. The van der Waals surface area contributed by atoms with Gasteiger partial charge in [0.2, 0.25) is 0 Å². The fraction of sp³-hybridized carbons (Fsp3) is 0.375. The number of nitrogens with zero attached hydrogens (tertiary/aromatic N) is 4. The molecule has 8 heteroatoms. The summed E-state index contributed by atoms with van der Waals surface area (Å²) in [4.78, 5) is 24.5. The molecule has 3 rings (SSSR count). The van der Waals surface area contributed by atoms with Gasteiger partial charge in [-0.25, -0.2) is 28.5 Å². The number of ether oxygens (including phenoxy) is 1. The number of hydrogen-bond acceptors (Lipinski definition) is 5. The number of alkyl halides is 2. The highest BCUT2D eigenvalue weighted by Gasteiger charge is 2.31. The zero-order valence-electron chi connectivity index (χ0n) is 13.3. The lowest BCUT2D eigenvalue weighted by molar-refractivity contribution is -0.00606. The van der Waals surface area contributed by atoms with E-state index in [1.165, 1.54) is 19.3 Å². The smallest absolute Gasteiger partial charge is 0.356 e. The average molecular weight is 334 g/mol. The van der Waals surface area contributed by atoms with Crippen LogP contribution < -0.4 is 0 Å². The Hall–Kier alpha value is -2.64. The summed E-state index contributed by atoms with van der Waals surface area (Å²) >= 11 is 0. The number of allylic oxidation sites excluding steroid dienone is 2. The number of carbonyl (C=O) groups excluding carboxylic acids is 1. The summed E-state index contributed by atoms with van der Waals surface area (Å²) in [6.45, 7) is 0. The van der Waals surface area contributed by atoms with E-state index in [2.05, 4.69) is 15.0 Å². The Morgan fingerprint density at radius 2 is 2.17 bits per heavy atom. The summed E-state index contributed by atoms with van der Waals surface area (Å²) in [5, 5.41) is 0. The summed E-state index contributed by atoms with van der Waals surface area (Å²) in [6.07, 6.45) is 4.25. The van der Waals surface area contributed by atoms with Crippen LogP contribution in [0.25, 0.3) is 17.1 Å². The maximum absolute atomic E-state index is 13.3. The molecule has 2 heterocycles. The average Bonchev–Trinajstić information content (AvgIpc) is 2.99. The first kappa shape index (κ1) is 16.2. The van der Waals surface area contributed by atoms with Gasteiger partial charge in [-0.3, -0.25) is 0 Å². The van der Waals surface area contributed by atoms with Crippen LogP contribution >= 0.6 is 0 Å². The SMILES string of the molecule is COC(=O)c1cc(C2=CCC(F)(F)CC2)nc(-c2cncn2C)n1. The molecule has 0 aromatic carbocycles. The Labute approximate surface area is 137 Å². The molecule has 0 spiro atoms. The molecule has 24 heavy (non-hydrogen) atoms. The van der Waals surface area contributed by atoms with Crippen LogP contribution in [0.3, 0.4) is 0 Å². The molecule has 1 aliphatic rings. The van der Waals surface area contributed by atoms with Crippen molar-refractivity contribution in [2.75, 3.05) is 7.11 Å². The summed E-state index contributed by atoms with van der Waals surface area (Å²) < 4.78 is 33.1. The molecule has 0 aliphatic heterocycles. The number of aromatic nitrogens is 4. The van der Waals surface area contributed by atoms with Crippen molar-refractivity contribution in [1.29, 1.82) is 0 Å². The van der Waals surface area contributed by atoms with Crippen molar-refractivity contribution in [3.63, 3.8) is 0 Å². The van der Waals surface area contributed by atoms with Crippen molar-refractivity contribution < 1.29 is 18.3 Å². The molecule has 0 bridgehead atoms. The van der Waals surface area contributed by atoms with Gasteiger partial charge in [-0.15, -0.1) is 0 Å². The molecule has 0 saturated carbocycles. The van der Waals surface area contributed by atoms with E-state index in [1.54, 1.807) is 24.1 Å². The number of halogens is 2. The lowest BCUT2D eigenvalue weighted by atomic mass is 9.94. The van der Waals surface area contributed by atoms with Gasteiger partial charge in [-0.2, -0.15) is 0 Å². The van der Waals surface area contributed by atoms with E-state index in [0.29, 0.717) is 22.8 Å². The Morgan fingerprint density at radius 1 is 1.38 bits per heavy atom. The standard InChI is InChI=1S/C16H16F2N4O2/c1-22-9-19-8-13(22)14-20-11(7-12(21-14)15(23)24-2)10-3-5-16(17,18)6-4-10/h3,7-9H,4-6H2,1-2H3. The van der Waals surface area contributed by atoms with Crippen molar-refractivity contribution in [3.8, 4) is 11.5 Å². The van der Waals surface area contributed by atoms with E-state index in [9.17, 15) is 13.6 Å². The molecular weight excluding hydrogens is 318 g/mol. The molecule has 0 saturated heterocycles. The first-order valence-electron chi connectivity index (χ1n) is 7.41. The van der Waals surface area contributed by atoms with E-state index < -0.39 is 11.9 Å². The largest absolute Gasteiger partial charge is 0.464 e. The number of hydrogen-bond donors (Lipinski definition) is 0. The van der Waals surface area contributed by atoms with Gasteiger partial charge < -0.3 is 9.30 Å². The zero-order chi connectivity index (χ0) is 17.3. The molecule has 0 unspecified atom stereocenters. The highest BCUT2D eigenvalue weighted by Crippen LogP contribution is 2.36. The molecule has 2 aromatic rings. The van der Waals surface area contributed by atoms with E-state index in [0.717, 1.165) is 0 Å². The molecule has 0 N–H and O–H groups in total.